The smallest absolute Gasteiger partial charge is 0.248 e. The Morgan fingerprint density at radius 2 is 1.90 bits per heavy atom. The molecule has 0 aliphatic carbocycles. The van der Waals surface area contributed by atoms with Crippen LogP contribution >= 0.6 is 22.9 Å². The van der Waals surface area contributed by atoms with Crippen molar-refractivity contribution in [1.29, 1.82) is 0 Å². The average Bonchev–Trinajstić information content (AvgIpc) is 3.31. The maximum absolute atomic E-state index is 13.2. The molecule has 1 heterocycles. The summed E-state index contributed by atoms with van der Waals surface area (Å²) in [4.78, 5) is 28.3. The first-order valence-electron chi connectivity index (χ1n) is 9.51. The van der Waals surface area contributed by atoms with E-state index in [1.54, 1.807) is 31.4 Å². The maximum Gasteiger partial charge on any atom is 0.248 e. The summed E-state index contributed by atoms with van der Waals surface area (Å²) in [6, 6.07) is 19.9. The van der Waals surface area contributed by atoms with Gasteiger partial charge in [-0.3, -0.25) is 14.5 Å². The van der Waals surface area contributed by atoms with Gasteiger partial charge in [-0.2, -0.15) is 0 Å². The van der Waals surface area contributed by atoms with Crippen LogP contribution in [0.4, 0.5) is 5.69 Å². The number of ether oxygens (including phenoxy) is 1. The quantitative estimate of drug-likeness (QED) is 0.499. The van der Waals surface area contributed by atoms with Gasteiger partial charge in [0.1, 0.15) is 17.7 Å². The molecule has 0 fully saturated rings. The number of alkyl halides is 1. The molecular weight excluding hydrogens is 420 g/mol. The third-order valence-corrected chi connectivity index (χ3v) is 5.74. The number of nitrogens with zero attached hydrogens (tertiary/aromatic N) is 1. The van der Waals surface area contributed by atoms with Crippen molar-refractivity contribution in [2.75, 3.05) is 24.4 Å². The number of carbonyl (C=O) groups is 2. The summed E-state index contributed by atoms with van der Waals surface area (Å²) in [6.07, 6.45) is 0.701. The predicted molar refractivity (Wildman–Crippen MR) is 121 cm³/mol. The van der Waals surface area contributed by atoms with E-state index >= 15 is 0 Å². The number of thiophene rings is 1. The second-order valence-electron chi connectivity index (χ2n) is 6.54. The molecule has 3 aromatic rings. The maximum atomic E-state index is 13.2. The van der Waals surface area contributed by atoms with E-state index in [0.717, 1.165) is 10.4 Å². The number of carbonyl (C=O) groups excluding carboxylic acids is 2. The van der Waals surface area contributed by atoms with Gasteiger partial charge in [0.25, 0.3) is 0 Å². The summed E-state index contributed by atoms with van der Waals surface area (Å²) in [5, 5.41) is 4.86. The van der Waals surface area contributed by atoms with Gasteiger partial charge in [0.2, 0.25) is 11.8 Å². The van der Waals surface area contributed by atoms with E-state index in [-0.39, 0.29) is 17.7 Å². The van der Waals surface area contributed by atoms with E-state index < -0.39 is 6.04 Å². The molecule has 2 amide bonds. The standard InChI is InChI=1S/C23H23ClN2O3S/c1-29-19-10-5-9-18(15-19)26(21(27)16-24)22(20-11-6-14-30-20)23(28)25-13-12-17-7-3-2-4-8-17/h2-11,14-15,22H,12-13,16H2,1H3,(H,25,28)/t22-/m1/s1. The number of nitrogens with one attached hydrogen (secondary N) is 1. The lowest BCUT2D eigenvalue weighted by Crippen LogP contribution is -2.44. The molecule has 0 aliphatic rings. The second-order valence-corrected chi connectivity index (χ2v) is 7.79. The van der Waals surface area contributed by atoms with Gasteiger partial charge in [0.05, 0.1) is 7.11 Å². The highest BCUT2D eigenvalue weighted by Crippen LogP contribution is 2.32. The van der Waals surface area contributed by atoms with Crippen LogP contribution in [0.5, 0.6) is 5.75 Å². The molecule has 0 saturated heterocycles. The first-order chi connectivity index (χ1) is 14.6. The van der Waals surface area contributed by atoms with Crippen molar-refractivity contribution in [3.8, 4) is 5.75 Å². The molecule has 5 nitrogen and oxygen atoms in total. The van der Waals surface area contributed by atoms with Crippen LogP contribution < -0.4 is 15.0 Å². The lowest BCUT2D eigenvalue weighted by Gasteiger charge is -2.30. The zero-order chi connectivity index (χ0) is 21.3. The average molecular weight is 443 g/mol. The summed E-state index contributed by atoms with van der Waals surface area (Å²) in [6.45, 7) is 0.464. The van der Waals surface area contributed by atoms with Crippen LogP contribution in [-0.2, 0) is 16.0 Å². The van der Waals surface area contributed by atoms with Crippen LogP contribution in [-0.4, -0.2) is 31.3 Å². The SMILES string of the molecule is COc1cccc(N(C(=O)CCl)[C@@H](C(=O)NCCc2ccccc2)c2cccs2)c1. The Labute approximate surface area is 185 Å². The topological polar surface area (TPSA) is 58.6 Å². The van der Waals surface area contributed by atoms with Crippen molar-refractivity contribution < 1.29 is 14.3 Å². The van der Waals surface area contributed by atoms with Crippen LogP contribution in [0, 0.1) is 0 Å². The highest BCUT2D eigenvalue weighted by molar-refractivity contribution is 7.10. The van der Waals surface area contributed by atoms with Gasteiger partial charge >= 0.3 is 0 Å². The Morgan fingerprint density at radius 3 is 2.57 bits per heavy atom. The molecule has 0 saturated carbocycles. The largest absolute Gasteiger partial charge is 0.497 e. The summed E-state index contributed by atoms with van der Waals surface area (Å²) >= 11 is 7.34. The summed E-state index contributed by atoms with van der Waals surface area (Å²) in [5.74, 6) is -0.262. The molecule has 0 unspecified atom stereocenters. The molecule has 30 heavy (non-hydrogen) atoms. The zero-order valence-electron chi connectivity index (χ0n) is 16.6. The normalized spacial score (nSPS) is 11.5. The third kappa shape index (κ3) is 5.40. The minimum absolute atomic E-state index is 0.240. The molecule has 156 valence electrons. The highest BCUT2D eigenvalue weighted by atomic mass is 35.5. The summed E-state index contributed by atoms with van der Waals surface area (Å²) in [5.41, 5.74) is 1.68. The molecule has 3 rings (SSSR count). The lowest BCUT2D eigenvalue weighted by atomic mass is 10.1. The first kappa shape index (κ1) is 21.9. The minimum atomic E-state index is -0.820. The third-order valence-electron chi connectivity index (χ3n) is 4.59. The number of hydrogen-bond acceptors (Lipinski definition) is 4. The van der Waals surface area contributed by atoms with Crippen LogP contribution in [0.2, 0.25) is 0 Å². The van der Waals surface area contributed by atoms with E-state index in [1.807, 2.05) is 47.8 Å². The van der Waals surface area contributed by atoms with Crippen molar-refractivity contribution in [2.24, 2.45) is 0 Å². The molecule has 1 aromatic heterocycles. The van der Waals surface area contributed by atoms with E-state index in [0.29, 0.717) is 24.4 Å². The number of benzene rings is 2. The first-order valence-corrected chi connectivity index (χ1v) is 10.9. The van der Waals surface area contributed by atoms with Crippen LogP contribution in [0.1, 0.15) is 16.5 Å². The Balaban J connectivity index is 1.87. The van der Waals surface area contributed by atoms with Crippen molar-refractivity contribution in [2.45, 2.75) is 12.5 Å². The molecule has 7 heteroatoms. The van der Waals surface area contributed by atoms with E-state index in [1.165, 1.54) is 16.2 Å². The molecule has 2 aromatic carbocycles. The van der Waals surface area contributed by atoms with Crippen LogP contribution in [0.3, 0.4) is 0 Å². The summed E-state index contributed by atoms with van der Waals surface area (Å²) < 4.78 is 5.29. The van der Waals surface area contributed by atoms with Gasteiger partial charge in [0.15, 0.2) is 0 Å². The number of halogens is 1. The van der Waals surface area contributed by atoms with Crippen molar-refractivity contribution in [3.63, 3.8) is 0 Å². The number of anilines is 1. The van der Waals surface area contributed by atoms with Crippen LogP contribution in [0.25, 0.3) is 0 Å². The second kappa shape index (κ2) is 10.8. The monoisotopic (exact) mass is 442 g/mol. The van der Waals surface area contributed by atoms with Gasteiger partial charge in [-0.1, -0.05) is 42.5 Å². The molecular formula is C23H23ClN2O3S. The number of hydrogen-bond donors (Lipinski definition) is 1. The molecule has 1 atom stereocenters. The van der Waals surface area contributed by atoms with Crippen molar-refractivity contribution in [3.05, 3.63) is 82.6 Å². The van der Waals surface area contributed by atoms with Gasteiger partial charge < -0.3 is 10.1 Å². The Hall–Kier alpha value is -2.83. The fourth-order valence-electron chi connectivity index (χ4n) is 3.15. The molecule has 1 N–H and O–H groups in total. The number of methoxy groups -OCH3 is 1. The fourth-order valence-corrected chi connectivity index (χ4v) is 4.10. The minimum Gasteiger partial charge on any atom is -0.497 e. The van der Waals surface area contributed by atoms with Crippen LogP contribution in [0.15, 0.2) is 72.1 Å². The summed E-state index contributed by atoms with van der Waals surface area (Å²) in [7, 11) is 1.56. The van der Waals surface area contributed by atoms with Crippen molar-refractivity contribution >= 4 is 40.4 Å². The Bertz CT molecular complexity index is 964. The van der Waals surface area contributed by atoms with E-state index in [4.69, 9.17) is 16.3 Å². The van der Waals surface area contributed by atoms with E-state index in [9.17, 15) is 9.59 Å². The van der Waals surface area contributed by atoms with E-state index in [2.05, 4.69) is 5.32 Å². The fraction of sp³-hybridized carbons (Fsp3) is 0.217. The highest BCUT2D eigenvalue weighted by Gasteiger charge is 2.33. The molecule has 0 spiro atoms. The van der Waals surface area contributed by atoms with Gasteiger partial charge in [-0.05, 0) is 35.6 Å². The zero-order valence-corrected chi connectivity index (χ0v) is 18.2. The lowest BCUT2D eigenvalue weighted by molar-refractivity contribution is -0.125. The number of amides is 2. The van der Waals surface area contributed by atoms with Gasteiger partial charge in [-0.25, -0.2) is 0 Å². The predicted octanol–water partition coefficient (Wildman–Crippen LogP) is 4.43. The molecule has 0 bridgehead atoms. The Morgan fingerprint density at radius 1 is 1.10 bits per heavy atom. The molecule has 0 aliphatic heterocycles. The van der Waals surface area contributed by atoms with Gasteiger partial charge in [0, 0.05) is 23.2 Å². The Kier molecular flexibility index (Phi) is 7.88. The number of rotatable bonds is 9. The van der Waals surface area contributed by atoms with Crippen molar-refractivity contribution in [1.82, 2.24) is 5.32 Å². The molecule has 0 radical (unpaired) electrons. The van der Waals surface area contributed by atoms with Gasteiger partial charge in [-0.15, -0.1) is 22.9 Å².